The van der Waals surface area contributed by atoms with Crippen molar-refractivity contribution >= 4 is 23.5 Å². The van der Waals surface area contributed by atoms with Crippen molar-refractivity contribution in [2.75, 3.05) is 5.32 Å². The molecule has 0 aliphatic carbocycles. The van der Waals surface area contributed by atoms with Gasteiger partial charge in [0.1, 0.15) is 18.7 Å². The van der Waals surface area contributed by atoms with E-state index < -0.39 is 12.1 Å². The molecule has 158 valence electrons. The summed E-state index contributed by atoms with van der Waals surface area (Å²) in [7, 11) is 0. The zero-order valence-electron chi connectivity index (χ0n) is 16.8. The topological polar surface area (TPSA) is 109 Å². The summed E-state index contributed by atoms with van der Waals surface area (Å²) in [5.41, 5.74) is 2.57. The maximum Gasteiger partial charge on any atom is 0.325 e. The second-order valence-electron chi connectivity index (χ2n) is 7.29. The van der Waals surface area contributed by atoms with Gasteiger partial charge in [0.05, 0.1) is 13.1 Å². The van der Waals surface area contributed by atoms with Gasteiger partial charge in [-0.25, -0.2) is 14.5 Å². The molecule has 3 aromatic rings. The van der Waals surface area contributed by atoms with Crippen molar-refractivity contribution in [1.29, 1.82) is 0 Å². The molecule has 0 radical (unpaired) electrons. The normalized spacial score (nSPS) is 15.7. The lowest BCUT2D eigenvalue weighted by atomic mass is 10.1. The second-order valence-corrected chi connectivity index (χ2v) is 7.29. The van der Waals surface area contributed by atoms with Crippen LogP contribution < -0.4 is 10.6 Å². The van der Waals surface area contributed by atoms with Gasteiger partial charge in [-0.3, -0.25) is 14.5 Å². The molecule has 0 spiro atoms. The highest BCUT2D eigenvalue weighted by Gasteiger charge is 2.37. The van der Waals surface area contributed by atoms with Crippen LogP contribution in [-0.4, -0.2) is 43.6 Å². The summed E-state index contributed by atoms with van der Waals surface area (Å²) in [6.45, 7) is 0.812. The number of anilines is 1. The van der Waals surface area contributed by atoms with E-state index in [1.165, 1.54) is 11.2 Å². The molecule has 2 heterocycles. The lowest BCUT2D eigenvalue weighted by Crippen LogP contribution is -2.31. The molecule has 9 heteroatoms. The Bertz CT molecular complexity index is 1050. The first kappa shape index (κ1) is 20.3. The number of benzene rings is 2. The molecule has 1 aliphatic heterocycles. The van der Waals surface area contributed by atoms with Gasteiger partial charge in [0.15, 0.2) is 0 Å². The van der Waals surface area contributed by atoms with Gasteiger partial charge in [-0.15, -0.1) is 0 Å². The minimum Gasteiger partial charge on any atom is -0.326 e. The minimum absolute atomic E-state index is 0.122. The van der Waals surface area contributed by atoms with Crippen molar-refractivity contribution in [2.24, 2.45) is 0 Å². The summed E-state index contributed by atoms with van der Waals surface area (Å²) in [6.07, 6.45) is 3.48. The van der Waals surface area contributed by atoms with Crippen LogP contribution in [0.5, 0.6) is 0 Å². The highest BCUT2D eigenvalue weighted by molar-refractivity contribution is 6.04. The Hall–Kier alpha value is -4.01. The molecule has 0 saturated carbocycles. The van der Waals surface area contributed by atoms with E-state index in [9.17, 15) is 14.4 Å². The zero-order valence-corrected chi connectivity index (χ0v) is 16.8. The van der Waals surface area contributed by atoms with E-state index in [4.69, 9.17) is 0 Å². The third-order valence-electron chi connectivity index (χ3n) is 5.00. The van der Waals surface area contributed by atoms with Gasteiger partial charge in [0.2, 0.25) is 5.91 Å². The first-order valence-corrected chi connectivity index (χ1v) is 9.95. The quantitative estimate of drug-likeness (QED) is 0.545. The Balaban J connectivity index is 1.26. The summed E-state index contributed by atoms with van der Waals surface area (Å²) in [5.74, 6) is -0.522. The predicted molar refractivity (Wildman–Crippen MR) is 113 cm³/mol. The summed E-state index contributed by atoms with van der Waals surface area (Å²) >= 11 is 0. The highest BCUT2D eigenvalue weighted by Crippen LogP contribution is 2.16. The van der Waals surface area contributed by atoms with Crippen molar-refractivity contribution in [1.82, 2.24) is 25.0 Å². The average molecular weight is 418 g/mol. The number of aromatic nitrogens is 3. The van der Waals surface area contributed by atoms with E-state index >= 15 is 0 Å². The molecular weight excluding hydrogens is 396 g/mol. The first-order chi connectivity index (χ1) is 15.1. The van der Waals surface area contributed by atoms with Gasteiger partial charge >= 0.3 is 6.03 Å². The van der Waals surface area contributed by atoms with Gasteiger partial charge in [-0.1, -0.05) is 42.5 Å². The SMILES string of the molecule is O=C(CC[C@@H]1NC(=O)N(Cc2ccccc2)C1=O)Nc1ccc(Cn2cncn2)cc1. The number of imide groups is 1. The smallest absolute Gasteiger partial charge is 0.325 e. The molecule has 1 aliphatic rings. The van der Waals surface area contributed by atoms with E-state index in [0.29, 0.717) is 12.2 Å². The van der Waals surface area contributed by atoms with Crippen molar-refractivity contribution < 1.29 is 14.4 Å². The Morgan fingerprint density at radius 2 is 1.74 bits per heavy atom. The molecule has 2 N–H and O–H groups in total. The van der Waals surface area contributed by atoms with Crippen molar-refractivity contribution in [3.63, 3.8) is 0 Å². The standard InChI is InChI=1S/C22H22N6O3/c29-20(25-18-8-6-17(7-9-18)12-27-15-23-14-24-27)11-10-19-21(30)28(22(31)26-19)13-16-4-2-1-3-5-16/h1-9,14-15,19H,10-13H2,(H,25,29)(H,26,31)/t19-/m0/s1. The van der Waals surface area contributed by atoms with Crippen molar-refractivity contribution in [3.8, 4) is 0 Å². The van der Waals surface area contributed by atoms with Crippen molar-refractivity contribution in [2.45, 2.75) is 32.0 Å². The third kappa shape index (κ3) is 5.13. The largest absolute Gasteiger partial charge is 0.326 e. The maximum atomic E-state index is 12.6. The molecule has 0 unspecified atom stereocenters. The lowest BCUT2D eigenvalue weighted by Gasteiger charge is -2.13. The summed E-state index contributed by atoms with van der Waals surface area (Å²) in [4.78, 5) is 42.1. The molecule has 2 aromatic carbocycles. The van der Waals surface area contributed by atoms with Crippen molar-refractivity contribution in [3.05, 3.63) is 78.4 Å². The van der Waals surface area contributed by atoms with Crippen LogP contribution in [0.25, 0.3) is 0 Å². The van der Waals surface area contributed by atoms with Crippen LogP contribution in [0.4, 0.5) is 10.5 Å². The number of carbonyl (C=O) groups excluding carboxylic acids is 3. The van der Waals surface area contributed by atoms with E-state index in [2.05, 4.69) is 20.7 Å². The van der Waals surface area contributed by atoms with Crippen LogP contribution in [0, 0.1) is 0 Å². The molecule has 1 atom stereocenters. The highest BCUT2D eigenvalue weighted by atomic mass is 16.2. The zero-order chi connectivity index (χ0) is 21.6. The number of nitrogens with zero attached hydrogens (tertiary/aromatic N) is 4. The van der Waals surface area contributed by atoms with Gasteiger partial charge in [-0.2, -0.15) is 5.10 Å². The molecular formula is C22H22N6O3. The number of hydrogen-bond acceptors (Lipinski definition) is 5. The molecule has 1 aromatic heterocycles. The molecule has 4 rings (SSSR count). The number of amides is 4. The molecule has 1 fully saturated rings. The molecule has 0 bridgehead atoms. The van der Waals surface area contributed by atoms with Crippen LogP contribution in [0.2, 0.25) is 0 Å². The Morgan fingerprint density at radius 3 is 2.45 bits per heavy atom. The number of urea groups is 1. The number of hydrogen-bond donors (Lipinski definition) is 2. The third-order valence-corrected chi connectivity index (χ3v) is 5.00. The monoisotopic (exact) mass is 418 g/mol. The number of nitrogens with one attached hydrogen (secondary N) is 2. The Labute approximate surface area is 179 Å². The lowest BCUT2D eigenvalue weighted by molar-refractivity contribution is -0.128. The van der Waals surface area contributed by atoms with E-state index in [1.54, 1.807) is 11.0 Å². The summed E-state index contributed by atoms with van der Waals surface area (Å²) in [6, 6.07) is 15.6. The minimum atomic E-state index is -0.688. The Kier molecular flexibility index (Phi) is 6.02. The molecule has 1 saturated heterocycles. The fraction of sp³-hybridized carbons (Fsp3) is 0.227. The van der Waals surface area contributed by atoms with Gasteiger partial charge in [0, 0.05) is 12.1 Å². The fourth-order valence-electron chi connectivity index (χ4n) is 3.38. The first-order valence-electron chi connectivity index (χ1n) is 9.95. The van der Waals surface area contributed by atoms with E-state index in [0.717, 1.165) is 11.1 Å². The number of carbonyl (C=O) groups is 3. The van der Waals surface area contributed by atoms with Crippen LogP contribution in [-0.2, 0) is 22.7 Å². The van der Waals surface area contributed by atoms with Gasteiger partial charge in [-0.05, 0) is 29.7 Å². The van der Waals surface area contributed by atoms with Crippen LogP contribution in [0.1, 0.15) is 24.0 Å². The van der Waals surface area contributed by atoms with Gasteiger partial charge in [0.25, 0.3) is 5.91 Å². The van der Waals surface area contributed by atoms with E-state index in [1.807, 2.05) is 54.6 Å². The van der Waals surface area contributed by atoms with E-state index in [-0.39, 0.29) is 31.2 Å². The fourth-order valence-corrected chi connectivity index (χ4v) is 3.38. The average Bonchev–Trinajstić information content (AvgIpc) is 3.38. The second kappa shape index (κ2) is 9.21. The number of rotatable bonds is 8. The molecule has 4 amide bonds. The maximum absolute atomic E-state index is 12.6. The van der Waals surface area contributed by atoms with Crippen LogP contribution in [0.3, 0.4) is 0 Å². The molecule has 9 nitrogen and oxygen atoms in total. The van der Waals surface area contributed by atoms with Crippen LogP contribution >= 0.6 is 0 Å². The predicted octanol–water partition coefficient (Wildman–Crippen LogP) is 2.17. The summed E-state index contributed by atoms with van der Waals surface area (Å²) < 4.78 is 1.71. The summed E-state index contributed by atoms with van der Waals surface area (Å²) in [5, 5.41) is 9.54. The Morgan fingerprint density at radius 1 is 1.00 bits per heavy atom. The van der Waals surface area contributed by atoms with Gasteiger partial charge < -0.3 is 10.6 Å². The molecule has 31 heavy (non-hydrogen) atoms. The van der Waals surface area contributed by atoms with Crippen LogP contribution in [0.15, 0.2) is 67.3 Å².